The first-order chi connectivity index (χ1) is 22.7. The molecular weight excluding hydrogens is 582 g/mol. The third-order valence-corrected chi connectivity index (χ3v) is 9.13. The van der Waals surface area contributed by atoms with Crippen LogP contribution in [0, 0.1) is 0 Å². The highest BCUT2D eigenvalue weighted by atomic mass is 16.6. The summed E-state index contributed by atoms with van der Waals surface area (Å²) in [5.41, 5.74) is 6.56. The van der Waals surface area contributed by atoms with E-state index in [1.165, 1.54) is 28.2 Å². The summed E-state index contributed by atoms with van der Waals surface area (Å²) in [5, 5.41) is 0. The number of hydrogen-bond donors (Lipinski definition) is 0. The van der Waals surface area contributed by atoms with E-state index in [0.717, 1.165) is 85.3 Å². The van der Waals surface area contributed by atoms with Gasteiger partial charge in [0, 0.05) is 56.1 Å². The molecule has 244 valence electrons. The van der Waals surface area contributed by atoms with Gasteiger partial charge in [-0.25, -0.2) is 0 Å². The first kappa shape index (κ1) is 30.2. The second-order valence-corrected chi connectivity index (χ2v) is 13.2. The van der Waals surface area contributed by atoms with Gasteiger partial charge < -0.3 is 43.1 Å². The van der Waals surface area contributed by atoms with E-state index >= 15 is 0 Å². The third-order valence-electron chi connectivity index (χ3n) is 9.13. The smallest absolute Gasteiger partial charge is 0.0984 e. The molecule has 6 fully saturated rings. The van der Waals surface area contributed by atoms with Crippen LogP contribution in [0.15, 0.2) is 78.9 Å². The van der Waals surface area contributed by atoms with Crippen LogP contribution >= 0.6 is 0 Å². The van der Waals surface area contributed by atoms with Gasteiger partial charge in [-0.3, -0.25) is 0 Å². The topological polar surface area (TPSA) is 84.9 Å². The van der Waals surface area contributed by atoms with Crippen molar-refractivity contribution in [2.75, 3.05) is 87.2 Å². The second-order valence-electron chi connectivity index (χ2n) is 13.2. The van der Waals surface area contributed by atoms with Crippen molar-refractivity contribution in [3.63, 3.8) is 0 Å². The molecule has 0 aliphatic carbocycles. The molecule has 6 saturated heterocycles. The minimum atomic E-state index is 0.319. The lowest BCUT2D eigenvalue weighted by Gasteiger charge is -2.35. The molecule has 6 aliphatic heterocycles. The maximum atomic E-state index is 5.63. The van der Waals surface area contributed by atoms with Crippen LogP contribution in [0.5, 0.6) is 0 Å². The Hall–Kier alpha value is -3.18. The van der Waals surface area contributed by atoms with E-state index < -0.39 is 0 Å². The first-order valence-electron chi connectivity index (χ1n) is 16.9. The van der Waals surface area contributed by atoms with Crippen LogP contribution in [0.25, 0.3) is 0 Å². The highest BCUT2D eigenvalue weighted by Crippen LogP contribution is 2.31. The largest absolute Gasteiger partial charge is 0.373 e. The molecule has 3 aromatic rings. The predicted octanol–water partition coefficient (Wildman–Crippen LogP) is 3.93. The molecule has 0 saturated carbocycles. The highest BCUT2D eigenvalue weighted by Gasteiger charge is 2.33. The van der Waals surface area contributed by atoms with Crippen LogP contribution in [-0.4, -0.2) is 109 Å². The van der Waals surface area contributed by atoms with Crippen molar-refractivity contribution in [3.8, 4) is 0 Å². The number of ether oxygens (including phenoxy) is 6. The molecule has 0 amide bonds. The SMILES string of the molecule is c1ccc(N(CC2CO2)CC2CO2)cc1.c1ccc(N(CC2CO2)CN(CC2CO2)c2ccccc2CC2CO2)c(CC2CO2)c1. The summed E-state index contributed by atoms with van der Waals surface area (Å²) < 4.78 is 32.9. The Kier molecular flexibility index (Phi) is 9.11. The molecule has 0 bridgehead atoms. The maximum absolute atomic E-state index is 5.63. The lowest BCUT2D eigenvalue weighted by molar-refractivity contribution is 0.389. The monoisotopic (exact) mass is 627 g/mol. The minimum Gasteiger partial charge on any atom is -0.373 e. The van der Waals surface area contributed by atoms with Gasteiger partial charge in [-0.1, -0.05) is 54.6 Å². The summed E-state index contributed by atoms with van der Waals surface area (Å²) in [6, 6.07) is 28.0. The van der Waals surface area contributed by atoms with Gasteiger partial charge in [-0.15, -0.1) is 0 Å². The van der Waals surface area contributed by atoms with E-state index in [1.54, 1.807) is 0 Å². The van der Waals surface area contributed by atoms with E-state index in [4.69, 9.17) is 28.4 Å². The predicted molar refractivity (Wildman–Crippen MR) is 177 cm³/mol. The van der Waals surface area contributed by atoms with Gasteiger partial charge in [0.15, 0.2) is 0 Å². The first-order valence-corrected chi connectivity index (χ1v) is 16.9. The molecule has 9 heteroatoms. The van der Waals surface area contributed by atoms with Crippen LogP contribution in [0.2, 0.25) is 0 Å². The number of hydrogen-bond acceptors (Lipinski definition) is 9. The van der Waals surface area contributed by atoms with E-state index in [-0.39, 0.29) is 0 Å². The molecule has 6 aliphatic rings. The number of nitrogens with zero attached hydrogens (tertiary/aromatic N) is 3. The molecular formula is C37H45N3O6. The highest BCUT2D eigenvalue weighted by molar-refractivity contribution is 5.59. The van der Waals surface area contributed by atoms with E-state index in [0.29, 0.717) is 36.6 Å². The standard InChI is InChI=1S/C25H30N2O4.C12H15NO2/c1-3-7-24(18(5-1)9-20-13-28-20)26(11-22-15-30-22)17-27(12-23-16-31-23)25-8-4-2-6-19(25)10-21-14-29-21;1-2-4-10(5-3-1)13(6-11-8-14-11)7-12-9-15-12/h1-8,20-23H,9-17H2;1-5,11-12H,6-9H2. The van der Waals surface area contributed by atoms with E-state index in [2.05, 4.69) is 87.5 Å². The number of epoxide rings is 6. The lowest BCUT2D eigenvalue weighted by atomic mass is 10.1. The zero-order valence-corrected chi connectivity index (χ0v) is 26.5. The summed E-state index contributed by atoms with van der Waals surface area (Å²) in [7, 11) is 0. The van der Waals surface area contributed by atoms with Crippen molar-refractivity contribution < 1.29 is 28.4 Å². The average molecular weight is 628 g/mol. The molecule has 9 rings (SSSR count). The zero-order chi connectivity index (χ0) is 30.7. The Labute approximate surface area is 271 Å². The van der Waals surface area contributed by atoms with Crippen LogP contribution < -0.4 is 14.7 Å². The van der Waals surface area contributed by atoms with Gasteiger partial charge in [0.1, 0.15) is 0 Å². The van der Waals surface area contributed by atoms with E-state index in [1.807, 2.05) is 6.07 Å². The molecule has 0 aromatic heterocycles. The summed E-state index contributed by atoms with van der Waals surface area (Å²) in [5.74, 6) is 0. The van der Waals surface area contributed by atoms with Crippen LogP contribution in [0.3, 0.4) is 0 Å². The molecule has 3 aromatic carbocycles. The summed E-state index contributed by atoms with van der Waals surface area (Å²) in [6.45, 7) is 9.88. The van der Waals surface area contributed by atoms with Crippen LogP contribution in [0.1, 0.15) is 11.1 Å². The van der Waals surface area contributed by atoms with Crippen LogP contribution in [0.4, 0.5) is 17.1 Å². The second kappa shape index (κ2) is 13.9. The van der Waals surface area contributed by atoms with Gasteiger partial charge >= 0.3 is 0 Å². The fourth-order valence-electron chi connectivity index (χ4n) is 6.12. The molecule has 6 atom stereocenters. The average Bonchev–Trinajstić information content (AvgIpc) is 3.87. The summed E-state index contributed by atoms with van der Waals surface area (Å²) in [4.78, 5) is 7.33. The Morgan fingerprint density at radius 2 is 0.761 bits per heavy atom. The Morgan fingerprint density at radius 1 is 0.413 bits per heavy atom. The number of para-hydroxylation sites is 3. The van der Waals surface area contributed by atoms with Gasteiger partial charge in [-0.05, 0) is 35.4 Å². The van der Waals surface area contributed by atoms with Gasteiger partial charge in [0.25, 0.3) is 0 Å². The van der Waals surface area contributed by atoms with Gasteiger partial charge in [0.05, 0.1) is 82.9 Å². The quantitative estimate of drug-likeness (QED) is 0.163. The van der Waals surface area contributed by atoms with Crippen molar-refractivity contribution in [1.82, 2.24) is 0 Å². The molecule has 0 radical (unpaired) electrons. The summed E-state index contributed by atoms with van der Waals surface area (Å²) in [6.07, 6.45) is 4.19. The molecule has 6 unspecified atom stereocenters. The lowest BCUT2D eigenvalue weighted by Crippen LogP contribution is -2.42. The Balaban J connectivity index is 0.000000174. The van der Waals surface area contributed by atoms with Gasteiger partial charge in [-0.2, -0.15) is 0 Å². The Morgan fingerprint density at radius 3 is 1.15 bits per heavy atom. The number of rotatable bonds is 17. The van der Waals surface area contributed by atoms with Crippen molar-refractivity contribution >= 4 is 17.1 Å². The molecule has 46 heavy (non-hydrogen) atoms. The Bertz CT molecular complexity index is 1330. The van der Waals surface area contributed by atoms with E-state index in [9.17, 15) is 0 Å². The fourth-order valence-corrected chi connectivity index (χ4v) is 6.12. The molecule has 0 spiro atoms. The maximum Gasteiger partial charge on any atom is 0.0984 e. The molecule has 9 nitrogen and oxygen atoms in total. The van der Waals surface area contributed by atoms with Crippen molar-refractivity contribution in [1.29, 1.82) is 0 Å². The van der Waals surface area contributed by atoms with Crippen molar-refractivity contribution in [2.45, 2.75) is 49.5 Å². The number of benzene rings is 3. The van der Waals surface area contributed by atoms with Crippen LogP contribution in [-0.2, 0) is 41.3 Å². The van der Waals surface area contributed by atoms with Crippen molar-refractivity contribution in [2.24, 2.45) is 0 Å². The summed E-state index contributed by atoms with van der Waals surface area (Å²) >= 11 is 0. The normalized spacial score (nSPS) is 27.6. The molecule has 0 N–H and O–H groups in total. The minimum absolute atomic E-state index is 0.319. The molecule has 6 heterocycles. The number of anilines is 3. The third kappa shape index (κ3) is 9.00. The van der Waals surface area contributed by atoms with Crippen molar-refractivity contribution in [3.05, 3.63) is 90.0 Å². The van der Waals surface area contributed by atoms with Gasteiger partial charge in [0.2, 0.25) is 0 Å². The zero-order valence-electron chi connectivity index (χ0n) is 26.5. The fraction of sp³-hybridized carbons (Fsp3) is 0.514.